The molecule has 2 rings (SSSR count). The molecule has 258 valence electrons. The molecule has 0 radical (unpaired) electrons. The molecule has 0 amide bonds. The summed E-state index contributed by atoms with van der Waals surface area (Å²) >= 11 is 0. The van der Waals surface area contributed by atoms with Crippen LogP contribution in [-0.2, 0) is 44.1 Å². The van der Waals surface area contributed by atoms with Crippen LogP contribution in [0.3, 0.4) is 0 Å². The lowest BCUT2D eigenvalue weighted by atomic mass is 9.78. The fraction of sp³-hybridized carbons (Fsp3) is 0.650. The fourth-order valence-electron chi connectivity index (χ4n) is 5.77. The highest BCUT2D eigenvalue weighted by atomic mass is 16.3. The van der Waals surface area contributed by atoms with E-state index in [0.717, 1.165) is 72.2 Å². The van der Waals surface area contributed by atoms with Gasteiger partial charge in [0.25, 0.3) is 0 Å². The summed E-state index contributed by atoms with van der Waals surface area (Å²) < 4.78 is 0. The van der Waals surface area contributed by atoms with Crippen molar-refractivity contribution in [2.45, 2.75) is 143 Å². The predicted molar refractivity (Wildman–Crippen MR) is 193 cm³/mol. The van der Waals surface area contributed by atoms with Gasteiger partial charge in [-0.2, -0.15) is 0 Å². The molecule has 0 aliphatic heterocycles. The minimum Gasteiger partial charge on any atom is -0.507 e. The van der Waals surface area contributed by atoms with E-state index in [4.69, 9.17) is 0 Å². The Morgan fingerprint density at radius 3 is 1.00 bits per heavy atom. The second-order valence-corrected chi connectivity index (χ2v) is 17.3. The van der Waals surface area contributed by atoms with Crippen molar-refractivity contribution in [3.63, 3.8) is 0 Å². The van der Waals surface area contributed by atoms with Crippen molar-refractivity contribution < 1.29 is 19.8 Å². The van der Waals surface area contributed by atoms with Gasteiger partial charge in [-0.15, -0.1) is 0 Å². The van der Waals surface area contributed by atoms with Crippen LogP contribution in [0.1, 0.15) is 142 Å². The van der Waals surface area contributed by atoms with Crippen LogP contribution in [0.4, 0.5) is 0 Å². The third-order valence-electron chi connectivity index (χ3n) is 8.48. The van der Waals surface area contributed by atoms with Crippen molar-refractivity contribution in [2.24, 2.45) is 0 Å². The lowest BCUT2D eigenvalue weighted by Crippen LogP contribution is -2.26. The zero-order chi connectivity index (χ0) is 35.1. The number of carbonyl (C=O) groups excluding carboxylic acids is 2. The minimum atomic E-state index is -0.215. The number of hydrogen-bond acceptors (Lipinski definition) is 6. The van der Waals surface area contributed by atoms with Crippen LogP contribution in [0, 0.1) is 0 Å². The number of unbranched alkanes of at least 4 members (excludes halogenated alkanes) is 3. The largest absolute Gasteiger partial charge is 0.507 e. The van der Waals surface area contributed by atoms with E-state index in [1.165, 1.54) is 0 Å². The number of rotatable bonds is 15. The summed E-state index contributed by atoms with van der Waals surface area (Å²) in [6.45, 7) is 27.3. The molecule has 0 heterocycles. The van der Waals surface area contributed by atoms with Gasteiger partial charge in [-0.1, -0.05) is 120 Å². The molecule has 2 aromatic carbocycles. The Kier molecular flexibility index (Phi) is 13.7. The van der Waals surface area contributed by atoms with Crippen molar-refractivity contribution in [3.8, 4) is 11.5 Å². The maximum absolute atomic E-state index is 12.8. The number of nitrogens with one attached hydrogen (secondary N) is 2. The summed E-state index contributed by atoms with van der Waals surface area (Å²) in [6.07, 6.45) is 4.84. The normalized spacial score (nSPS) is 12.9. The highest BCUT2D eigenvalue weighted by Crippen LogP contribution is 2.41. The first-order chi connectivity index (χ1) is 21.0. The molecule has 0 aliphatic carbocycles. The first-order valence-electron chi connectivity index (χ1n) is 17.2. The summed E-state index contributed by atoms with van der Waals surface area (Å²) in [5.41, 5.74) is 4.59. The van der Waals surface area contributed by atoms with E-state index < -0.39 is 0 Å². The molecule has 0 bridgehead atoms. The van der Waals surface area contributed by atoms with Gasteiger partial charge in [0.1, 0.15) is 11.5 Å². The number of phenolic OH excluding ortho intramolecular Hbond substituents is 2. The molecule has 0 saturated carbocycles. The van der Waals surface area contributed by atoms with Crippen LogP contribution in [0.25, 0.3) is 0 Å². The zero-order valence-corrected chi connectivity index (χ0v) is 31.1. The molecule has 6 heteroatoms. The Labute approximate surface area is 280 Å². The van der Waals surface area contributed by atoms with Crippen molar-refractivity contribution in [2.75, 3.05) is 26.2 Å². The minimum absolute atomic E-state index is 0.149. The van der Waals surface area contributed by atoms with E-state index in [1.807, 2.05) is 24.3 Å². The topological polar surface area (TPSA) is 98.7 Å². The smallest absolute Gasteiger partial charge is 0.150 e. The summed E-state index contributed by atoms with van der Waals surface area (Å²) in [4.78, 5) is 25.5. The van der Waals surface area contributed by atoms with E-state index in [-0.39, 0.29) is 33.2 Å². The molecule has 0 aliphatic rings. The first kappa shape index (κ1) is 39.5. The van der Waals surface area contributed by atoms with Crippen LogP contribution >= 0.6 is 0 Å². The summed E-state index contributed by atoms with van der Waals surface area (Å²) in [6, 6.07) is 7.96. The molecule has 0 saturated heterocycles. The zero-order valence-electron chi connectivity index (χ0n) is 31.1. The summed E-state index contributed by atoms with van der Waals surface area (Å²) in [7, 11) is 0. The third-order valence-corrected chi connectivity index (χ3v) is 8.48. The number of aromatic hydroxyl groups is 2. The van der Waals surface area contributed by atoms with Gasteiger partial charge in [-0.3, -0.25) is 9.59 Å². The van der Waals surface area contributed by atoms with Gasteiger partial charge in [-0.05, 0) is 81.0 Å². The van der Waals surface area contributed by atoms with Gasteiger partial charge >= 0.3 is 0 Å². The Morgan fingerprint density at radius 1 is 0.500 bits per heavy atom. The second-order valence-electron chi connectivity index (χ2n) is 17.3. The van der Waals surface area contributed by atoms with Crippen LogP contribution in [0.5, 0.6) is 11.5 Å². The van der Waals surface area contributed by atoms with E-state index in [2.05, 4.69) is 93.7 Å². The van der Waals surface area contributed by atoms with E-state index >= 15 is 0 Å². The number of hydrogen-bond donors (Lipinski definition) is 4. The molecule has 0 atom stereocenters. The molecular weight excluding hydrogens is 572 g/mol. The SMILES string of the molecule is CC(C)(C)c1cc(CC(=O)CNCCCCCCNCC(=O)Cc2cc(C(C)(C)C)c(O)c(C(C)(C)C)c2)cc(C(C)(C)C)c1O. The molecule has 0 aromatic heterocycles. The Hall–Kier alpha value is -2.70. The Morgan fingerprint density at radius 2 is 0.761 bits per heavy atom. The molecule has 0 spiro atoms. The van der Waals surface area contributed by atoms with E-state index in [1.54, 1.807) is 0 Å². The van der Waals surface area contributed by atoms with Crippen molar-refractivity contribution in [3.05, 3.63) is 57.6 Å². The highest BCUT2D eigenvalue weighted by molar-refractivity contribution is 5.83. The maximum atomic E-state index is 12.8. The lowest BCUT2D eigenvalue weighted by Gasteiger charge is -2.28. The molecule has 4 N–H and O–H groups in total. The molecule has 46 heavy (non-hydrogen) atoms. The van der Waals surface area contributed by atoms with Gasteiger partial charge in [0, 0.05) is 12.8 Å². The van der Waals surface area contributed by atoms with E-state index in [0.29, 0.717) is 37.4 Å². The van der Waals surface area contributed by atoms with Crippen LogP contribution in [-0.4, -0.2) is 48.0 Å². The van der Waals surface area contributed by atoms with E-state index in [9.17, 15) is 19.8 Å². The van der Waals surface area contributed by atoms with Crippen molar-refractivity contribution >= 4 is 11.6 Å². The van der Waals surface area contributed by atoms with Crippen LogP contribution in [0.15, 0.2) is 24.3 Å². The lowest BCUT2D eigenvalue weighted by molar-refractivity contribution is -0.118. The molecule has 6 nitrogen and oxygen atoms in total. The summed E-state index contributed by atoms with van der Waals surface area (Å²) in [5, 5.41) is 28.5. The van der Waals surface area contributed by atoms with Crippen molar-refractivity contribution in [1.82, 2.24) is 10.6 Å². The Balaban J connectivity index is 1.71. The van der Waals surface area contributed by atoms with Crippen LogP contribution < -0.4 is 10.6 Å². The monoisotopic (exact) mass is 636 g/mol. The maximum Gasteiger partial charge on any atom is 0.150 e. The quantitative estimate of drug-likeness (QED) is 0.148. The third kappa shape index (κ3) is 12.2. The number of Topliss-reactive ketones (excluding diaryl/α,β-unsaturated/α-hetero) is 2. The van der Waals surface area contributed by atoms with Gasteiger partial charge < -0.3 is 20.8 Å². The standard InChI is InChI=1S/C40H64N2O4/c1-37(2,3)31-21-27(22-32(35(31)45)38(4,5)6)19-29(43)25-41-17-15-13-14-16-18-42-26-30(44)20-28-23-33(39(7,8)9)36(46)34(24-28)40(10,11)12/h21-24,41-42,45-46H,13-20,25-26H2,1-12H3. The number of phenols is 2. The molecule has 2 aromatic rings. The van der Waals surface area contributed by atoms with Gasteiger partial charge in [0.15, 0.2) is 11.6 Å². The first-order valence-corrected chi connectivity index (χ1v) is 17.2. The molecular formula is C40H64N2O4. The van der Waals surface area contributed by atoms with Crippen LogP contribution in [0.2, 0.25) is 0 Å². The second kappa shape index (κ2) is 15.9. The number of ketones is 2. The highest BCUT2D eigenvalue weighted by Gasteiger charge is 2.28. The summed E-state index contributed by atoms with van der Waals surface area (Å²) in [5.74, 6) is 0.982. The predicted octanol–water partition coefficient (Wildman–Crippen LogP) is 7.95. The average Bonchev–Trinajstić information content (AvgIpc) is 2.88. The van der Waals surface area contributed by atoms with Gasteiger partial charge in [-0.25, -0.2) is 0 Å². The molecule has 0 unspecified atom stereocenters. The Bertz CT molecular complexity index is 1160. The van der Waals surface area contributed by atoms with Crippen molar-refractivity contribution in [1.29, 1.82) is 0 Å². The number of carbonyl (C=O) groups is 2. The van der Waals surface area contributed by atoms with Gasteiger partial charge in [0.2, 0.25) is 0 Å². The fourth-order valence-corrected chi connectivity index (χ4v) is 5.77. The average molecular weight is 637 g/mol. The molecule has 0 fully saturated rings. The number of benzene rings is 2. The van der Waals surface area contributed by atoms with Gasteiger partial charge in [0.05, 0.1) is 13.1 Å².